The molecule has 9 heteroatoms. The van der Waals surface area contributed by atoms with Gasteiger partial charge in [0.25, 0.3) is 0 Å². The molecule has 5 rings (SSSR count). The Kier molecular flexibility index (Phi) is 4.18. The van der Waals surface area contributed by atoms with E-state index in [1.807, 2.05) is 36.2 Å². The minimum absolute atomic E-state index is 0.720. The SMILES string of the molecule is Cc1nsc(Nc2nccn3c(-c4cnn(C)c4)cnc23)c1C1=CCNCC1. The molecule has 0 unspecified atom stereocenters. The van der Waals surface area contributed by atoms with Crippen molar-refractivity contribution in [2.75, 3.05) is 18.4 Å². The number of aromatic nitrogens is 6. The van der Waals surface area contributed by atoms with Crippen molar-refractivity contribution in [2.45, 2.75) is 13.3 Å². The third-order valence-corrected chi connectivity index (χ3v) is 5.76. The van der Waals surface area contributed by atoms with Crippen molar-refractivity contribution in [1.82, 2.24) is 33.8 Å². The van der Waals surface area contributed by atoms with Gasteiger partial charge < -0.3 is 10.6 Å². The summed E-state index contributed by atoms with van der Waals surface area (Å²) in [5, 5.41) is 12.1. The van der Waals surface area contributed by atoms with Gasteiger partial charge in [-0.15, -0.1) is 0 Å². The molecule has 2 N–H and O–H groups in total. The van der Waals surface area contributed by atoms with E-state index in [2.05, 4.69) is 43.1 Å². The molecular weight excluding hydrogens is 372 g/mol. The first-order valence-corrected chi connectivity index (χ1v) is 9.92. The Hall–Kier alpha value is -3.04. The number of hydrogen-bond donors (Lipinski definition) is 2. The van der Waals surface area contributed by atoms with Crippen LogP contribution < -0.4 is 10.6 Å². The molecule has 0 bridgehead atoms. The van der Waals surface area contributed by atoms with Crippen LogP contribution in [-0.2, 0) is 7.05 Å². The lowest BCUT2D eigenvalue weighted by Crippen LogP contribution is -2.20. The third kappa shape index (κ3) is 2.88. The highest BCUT2D eigenvalue weighted by molar-refractivity contribution is 7.10. The molecule has 0 aliphatic carbocycles. The number of aryl methyl sites for hydroxylation is 2. The van der Waals surface area contributed by atoms with Crippen LogP contribution in [0.1, 0.15) is 17.7 Å². The summed E-state index contributed by atoms with van der Waals surface area (Å²) in [6.07, 6.45) is 12.6. The van der Waals surface area contributed by atoms with Crippen LogP contribution >= 0.6 is 11.5 Å². The minimum atomic E-state index is 0.720. The Morgan fingerprint density at radius 2 is 2.18 bits per heavy atom. The topological polar surface area (TPSA) is 85.0 Å². The Morgan fingerprint density at radius 1 is 1.25 bits per heavy atom. The predicted octanol–water partition coefficient (Wildman–Crippen LogP) is 3.02. The first-order chi connectivity index (χ1) is 13.7. The molecule has 0 amide bonds. The summed E-state index contributed by atoms with van der Waals surface area (Å²) in [4.78, 5) is 9.15. The lowest BCUT2D eigenvalue weighted by atomic mass is 10.0. The number of anilines is 2. The van der Waals surface area contributed by atoms with Crippen molar-refractivity contribution in [1.29, 1.82) is 0 Å². The first-order valence-electron chi connectivity index (χ1n) is 9.15. The average molecular weight is 392 g/mol. The van der Waals surface area contributed by atoms with E-state index in [0.29, 0.717) is 0 Å². The molecular formula is C19H20N8S. The molecule has 0 atom stereocenters. The molecule has 0 saturated carbocycles. The summed E-state index contributed by atoms with van der Waals surface area (Å²) in [5.74, 6) is 0.720. The summed E-state index contributed by atoms with van der Waals surface area (Å²) >= 11 is 1.47. The van der Waals surface area contributed by atoms with Crippen LogP contribution in [0.4, 0.5) is 10.8 Å². The molecule has 0 fully saturated rings. The van der Waals surface area contributed by atoms with Gasteiger partial charge in [-0.3, -0.25) is 9.08 Å². The minimum Gasteiger partial charge on any atom is -0.327 e. The van der Waals surface area contributed by atoms with Crippen molar-refractivity contribution in [3.05, 3.63) is 48.3 Å². The third-order valence-electron chi connectivity index (χ3n) is 4.91. The second-order valence-electron chi connectivity index (χ2n) is 6.80. The van der Waals surface area contributed by atoms with Crippen molar-refractivity contribution in [3.63, 3.8) is 0 Å². The number of hydrogen-bond acceptors (Lipinski definition) is 7. The Morgan fingerprint density at radius 3 is 2.96 bits per heavy atom. The van der Waals surface area contributed by atoms with Crippen LogP contribution in [0.3, 0.4) is 0 Å². The van der Waals surface area contributed by atoms with Gasteiger partial charge in [-0.2, -0.15) is 9.47 Å². The fourth-order valence-electron chi connectivity index (χ4n) is 3.56. The van der Waals surface area contributed by atoms with Crippen LogP contribution in [0.15, 0.2) is 37.1 Å². The molecule has 4 aromatic rings. The fraction of sp³-hybridized carbons (Fsp3) is 0.263. The van der Waals surface area contributed by atoms with Gasteiger partial charge in [0.05, 0.1) is 23.8 Å². The van der Waals surface area contributed by atoms with E-state index in [0.717, 1.165) is 52.9 Å². The van der Waals surface area contributed by atoms with Crippen molar-refractivity contribution >= 4 is 33.6 Å². The van der Waals surface area contributed by atoms with Gasteiger partial charge in [0.1, 0.15) is 5.00 Å². The van der Waals surface area contributed by atoms with E-state index < -0.39 is 0 Å². The molecule has 4 aromatic heterocycles. The Bertz CT molecular complexity index is 1180. The van der Waals surface area contributed by atoms with E-state index in [1.54, 1.807) is 10.9 Å². The zero-order chi connectivity index (χ0) is 19.1. The van der Waals surface area contributed by atoms with E-state index in [4.69, 9.17) is 0 Å². The van der Waals surface area contributed by atoms with Crippen molar-refractivity contribution < 1.29 is 0 Å². The lowest BCUT2D eigenvalue weighted by Gasteiger charge is -2.15. The molecule has 0 aromatic carbocycles. The number of imidazole rings is 1. The van der Waals surface area contributed by atoms with Gasteiger partial charge in [0.15, 0.2) is 11.5 Å². The molecule has 1 aliphatic heterocycles. The van der Waals surface area contributed by atoms with Crippen LogP contribution in [0.25, 0.3) is 22.5 Å². The number of fused-ring (bicyclic) bond motifs is 1. The van der Waals surface area contributed by atoms with Gasteiger partial charge in [0, 0.05) is 43.3 Å². The molecule has 8 nitrogen and oxygen atoms in total. The molecule has 28 heavy (non-hydrogen) atoms. The summed E-state index contributed by atoms with van der Waals surface area (Å²) in [5.41, 5.74) is 6.34. The predicted molar refractivity (Wildman–Crippen MR) is 111 cm³/mol. The summed E-state index contributed by atoms with van der Waals surface area (Å²) in [7, 11) is 1.91. The van der Waals surface area contributed by atoms with Crippen LogP contribution in [0.2, 0.25) is 0 Å². The lowest BCUT2D eigenvalue weighted by molar-refractivity contribution is 0.738. The zero-order valence-corrected chi connectivity index (χ0v) is 16.5. The van der Waals surface area contributed by atoms with E-state index >= 15 is 0 Å². The van der Waals surface area contributed by atoms with Gasteiger partial charge in [-0.25, -0.2) is 9.97 Å². The largest absolute Gasteiger partial charge is 0.327 e. The highest BCUT2D eigenvalue weighted by Gasteiger charge is 2.19. The molecule has 1 aliphatic rings. The molecule has 142 valence electrons. The smallest absolute Gasteiger partial charge is 0.180 e. The summed E-state index contributed by atoms with van der Waals surface area (Å²) < 4.78 is 8.39. The van der Waals surface area contributed by atoms with Gasteiger partial charge in [-0.1, -0.05) is 6.08 Å². The van der Waals surface area contributed by atoms with Gasteiger partial charge >= 0.3 is 0 Å². The fourth-order valence-corrected chi connectivity index (χ4v) is 4.40. The highest BCUT2D eigenvalue weighted by atomic mass is 32.1. The molecule has 0 spiro atoms. The van der Waals surface area contributed by atoms with E-state index in [1.165, 1.54) is 22.7 Å². The number of nitrogens with zero attached hydrogens (tertiary/aromatic N) is 6. The maximum Gasteiger partial charge on any atom is 0.180 e. The summed E-state index contributed by atoms with van der Waals surface area (Å²) in [6.45, 7) is 3.94. The normalized spacial score (nSPS) is 14.4. The maximum absolute atomic E-state index is 4.61. The quantitative estimate of drug-likeness (QED) is 0.555. The monoisotopic (exact) mass is 392 g/mol. The van der Waals surface area contributed by atoms with Crippen LogP contribution in [0.5, 0.6) is 0 Å². The number of nitrogens with one attached hydrogen (secondary N) is 2. The second kappa shape index (κ2) is 6.84. The van der Waals surface area contributed by atoms with Crippen LogP contribution in [0, 0.1) is 6.92 Å². The Balaban J connectivity index is 1.55. The van der Waals surface area contributed by atoms with Gasteiger partial charge in [-0.05, 0) is 37.0 Å². The maximum atomic E-state index is 4.61. The Labute approximate surface area is 166 Å². The van der Waals surface area contributed by atoms with E-state index in [-0.39, 0.29) is 0 Å². The number of rotatable bonds is 4. The van der Waals surface area contributed by atoms with Crippen molar-refractivity contribution in [3.8, 4) is 11.3 Å². The summed E-state index contributed by atoms with van der Waals surface area (Å²) in [6, 6.07) is 0. The first kappa shape index (κ1) is 17.1. The highest BCUT2D eigenvalue weighted by Crippen LogP contribution is 2.36. The van der Waals surface area contributed by atoms with Crippen LogP contribution in [-0.4, -0.2) is 41.6 Å². The standard InChI is InChI=1S/C19H20N8S/c1-12-16(13-3-5-20-6-4-13)19(28-25-12)24-17-18-22-10-15(27(18)8-7-21-17)14-9-23-26(2)11-14/h3,7-11,20H,4-6H2,1-2H3,(H,21,24). The van der Waals surface area contributed by atoms with E-state index in [9.17, 15) is 0 Å². The zero-order valence-electron chi connectivity index (χ0n) is 15.7. The average Bonchev–Trinajstić information content (AvgIpc) is 3.41. The van der Waals surface area contributed by atoms with Gasteiger partial charge in [0.2, 0.25) is 0 Å². The van der Waals surface area contributed by atoms with Crippen molar-refractivity contribution in [2.24, 2.45) is 7.05 Å². The molecule has 0 radical (unpaired) electrons. The second-order valence-corrected chi connectivity index (χ2v) is 7.57. The molecule has 5 heterocycles. The molecule has 0 saturated heterocycles.